The minimum atomic E-state index is -3.14. The van der Waals surface area contributed by atoms with Gasteiger partial charge in [0, 0.05) is 6.54 Å². The molecule has 0 aromatic carbocycles. The smallest absolute Gasteiger partial charge is 0.316 e. The van der Waals surface area contributed by atoms with Crippen molar-refractivity contribution in [3.05, 3.63) is 17.4 Å². The predicted octanol–water partition coefficient (Wildman–Crippen LogP) is 0.543. The molecular weight excluding hydrogens is 266 g/mol. The standard InChI is InChI=1S/C9H12ClN3O3S/c1-17(14,15)13-3-2-8(6-13)16-9-11-4-7(10)5-12-9/h4-5,8H,2-3,6H2,1H3. The molecule has 1 unspecified atom stereocenters. The molecule has 0 N–H and O–H groups in total. The monoisotopic (exact) mass is 277 g/mol. The van der Waals surface area contributed by atoms with Crippen molar-refractivity contribution in [1.29, 1.82) is 0 Å². The molecule has 17 heavy (non-hydrogen) atoms. The Labute approximate surface area is 105 Å². The topological polar surface area (TPSA) is 72.4 Å². The van der Waals surface area contributed by atoms with Crippen molar-refractivity contribution in [3.63, 3.8) is 0 Å². The quantitative estimate of drug-likeness (QED) is 0.806. The van der Waals surface area contributed by atoms with E-state index in [1.54, 1.807) is 0 Å². The Morgan fingerprint density at radius 2 is 2.12 bits per heavy atom. The summed E-state index contributed by atoms with van der Waals surface area (Å²) >= 11 is 5.64. The number of rotatable bonds is 3. The fraction of sp³-hybridized carbons (Fsp3) is 0.556. The summed E-state index contributed by atoms with van der Waals surface area (Å²) in [4.78, 5) is 7.79. The summed E-state index contributed by atoms with van der Waals surface area (Å²) in [6, 6.07) is 0.217. The van der Waals surface area contributed by atoms with Crippen LogP contribution in [-0.2, 0) is 10.0 Å². The Morgan fingerprint density at radius 1 is 1.47 bits per heavy atom. The van der Waals surface area contributed by atoms with Gasteiger partial charge in [0.2, 0.25) is 10.0 Å². The molecule has 1 atom stereocenters. The van der Waals surface area contributed by atoms with E-state index in [0.29, 0.717) is 24.5 Å². The lowest BCUT2D eigenvalue weighted by Gasteiger charge is -2.13. The van der Waals surface area contributed by atoms with Gasteiger partial charge in [0.05, 0.1) is 30.2 Å². The third-order valence-electron chi connectivity index (χ3n) is 2.45. The average Bonchev–Trinajstić information content (AvgIpc) is 2.69. The first kappa shape index (κ1) is 12.5. The fourth-order valence-electron chi connectivity index (χ4n) is 1.61. The Balaban J connectivity index is 1.96. The van der Waals surface area contributed by atoms with Crippen LogP contribution >= 0.6 is 11.6 Å². The Kier molecular flexibility index (Phi) is 3.50. The lowest BCUT2D eigenvalue weighted by molar-refractivity contribution is 0.197. The highest BCUT2D eigenvalue weighted by Gasteiger charge is 2.30. The van der Waals surface area contributed by atoms with Crippen LogP contribution in [0.25, 0.3) is 0 Å². The average molecular weight is 278 g/mol. The molecule has 8 heteroatoms. The van der Waals surface area contributed by atoms with Crippen LogP contribution in [0.2, 0.25) is 5.02 Å². The maximum Gasteiger partial charge on any atom is 0.316 e. The number of nitrogens with zero attached hydrogens (tertiary/aromatic N) is 3. The van der Waals surface area contributed by atoms with Crippen LogP contribution in [0.5, 0.6) is 6.01 Å². The van der Waals surface area contributed by atoms with Crippen molar-refractivity contribution in [1.82, 2.24) is 14.3 Å². The van der Waals surface area contributed by atoms with E-state index in [1.165, 1.54) is 23.0 Å². The van der Waals surface area contributed by atoms with Crippen LogP contribution in [0.15, 0.2) is 12.4 Å². The number of sulfonamides is 1. The first-order chi connectivity index (χ1) is 7.95. The maximum absolute atomic E-state index is 11.3. The predicted molar refractivity (Wildman–Crippen MR) is 62.5 cm³/mol. The van der Waals surface area contributed by atoms with E-state index in [1.807, 2.05) is 0 Å². The highest BCUT2D eigenvalue weighted by atomic mass is 35.5. The molecule has 1 saturated heterocycles. The summed E-state index contributed by atoms with van der Waals surface area (Å²) in [5.74, 6) is 0. The van der Waals surface area contributed by atoms with Crippen molar-refractivity contribution in [2.45, 2.75) is 12.5 Å². The van der Waals surface area contributed by atoms with Crippen LogP contribution in [-0.4, -0.2) is 48.1 Å². The van der Waals surface area contributed by atoms with Crippen molar-refractivity contribution in [2.24, 2.45) is 0 Å². The zero-order chi connectivity index (χ0) is 12.5. The lowest BCUT2D eigenvalue weighted by Crippen LogP contribution is -2.30. The summed E-state index contributed by atoms with van der Waals surface area (Å²) in [5.41, 5.74) is 0. The number of hydrogen-bond acceptors (Lipinski definition) is 5. The van der Waals surface area contributed by atoms with Gasteiger partial charge in [0.15, 0.2) is 0 Å². The Bertz CT molecular complexity index is 491. The minimum Gasteiger partial charge on any atom is -0.459 e. The van der Waals surface area contributed by atoms with Gasteiger partial charge < -0.3 is 4.74 Å². The first-order valence-corrected chi connectivity index (χ1v) is 7.27. The van der Waals surface area contributed by atoms with Crippen molar-refractivity contribution in [3.8, 4) is 6.01 Å². The van der Waals surface area contributed by atoms with E-state index < -0.39 is 10.0 Å². The number of halogens is 1. The molecule has 2 heterocycles. The molecule has 0 radical (unpaired) electrons. The summed E-state index contributed by atoms with van der Waals surface area (Å²) < 4.78 is 29.4. The molecule has 0 amide bonds. The second-order valence-corrected chi connectivity index (χ2v) is 6.25. The molecule has 0 spiro atoms. The largest absolute Gasteiger partial charge is 0.459 e. The zero-order valence-corrected chi connectivity index (χ0v) is 10.8. The SMILES string of the molecule is CS(=O)(=O)N1CCC(Oc2ncc(Cl)cn2)C1. The molecule has 1 aliphatic heterocycles. The molecular formula is C9H12ClN3O3S. The molecule has 6 nitrogen and oxygen atoms in total. The van der Waals surface area contributed by atoms with E-state index in [-0.39, 0.29) is 12.1 Å². The van der Waals surface area contributed by atoms with Crippen LogP contribution < -0.4 is 4.74 Å². The first-order valence-electron chi connectivity index (χ1n) is 5.04. The van der Waals surface area contributed by atoms with Gasteiger partial charge in [-0.15, -0.1) is 0 Å². The maximum atomic E-state index is 11.3. The second-order valence-electron chi connectivity index (χ2n) is 3.83. The molecule has 1 aliphatic rings. The summed E-state index contributed by atoms with van der Waals surface area (Å²) in [6.45, 7) is 0.807. The summed E-state index contributed by atoms with van der Waals surface area (Å²) in [7, 11) is -3.14. The third-order valence-corrected chi connectivity index (χ3v) is 3.91. The van der Waals surface area contributed by atoms with Crippen molar-refractivity contribution >= 4 is 21.6 Å². The third kappa shape index (κ3) is 3.27. The summed E-state index contributed by atoms with van der Waals surface area (Å²) in [6.07, 6.45) is 4.50. The number of ether oxygens (including phenoxy) is 1. The minimum absolute atomic E-state index is 0.203. The van der Waals surface area contributed by atoms with Gasteiger partial charge >= 0.3 is 6.01 Å². The molecule has 0 bridgehead atoms. The second kappa shape index (κ2) is 4.75. The van der Waals surface area contributed by atoms with Crippen molar-refractivity contribution < 1.29 is 13.2 Å². The van der Waals surface area contributed by atoms with Gasteiger partial charge in [-0.25, -0.2) is 18.4 Å². The Hall–Kier alpha value is -0.920. The molecule has 94 valence electrons. The van der Waals surface area contributed by atoms with E-state index in [4.69, 9.17) is 16.3 Å². The Morgan fingerprint density at radius 3 is 2.65 bits per heavy atom. The van der Waals surface area contributed by atoms with Gasteiger partial charge in [-0.05, 0) is 6.42 Å². The highest BCUT2D eigenvalue weighted by Crippen LogP contribution is 2.17. The van der Waals surface area contributed by atoms with E-state index in [2.05, 4.69) is 9.97 Å². The lowest BCUT2D eigenvalue weighted by atomic mass is 10.3. The van der Waals surface area contributed by atoms with E-state index >= 15 is 0 Å². The molecule has 0 saturated carbocycles. The van der Waals surface area contributed by atoms with Crippen LogP contribution in [0.4, 0.5) is 0 Å². The summed E-state index contributed by atoms with van der Waals surface area (Å²) in [5, 5.41) is 0.432. The van der Waals surface area contributed by atoms with Gasteiger partial charge in [-0.1, -0.05) is 11.6 Å². The normalized spacial score (nSPS) is 21.6. The van der Waals surface area contributed by atoms with Gasteiger partial charge in [-0.3, -0.25) is 0 Å². The molecule has 0 aliphatic carbocycles. The van der Waals surface area contributed by atoms with Crippen LogP contribution in [0.3, 0.4) is 0 Å². The molecule has 1 aromatic heterocycles. The molecule has 1 aromatic rings. The van der Waals surface area contributed by atoms with Crippen LogP contribution in [0.1, 0.15) is 6.42 Å². The molecule has 2 rings (SSSR count). The fourth-order valence-corrected chi connectivity index (χ4v) is 2.58. The van der Waals surface area contributed by atoms with E-state index in [0.717, 1.165) is 0 Å². The van der Waals surface area contributed by atoms with Crippen molar-refractivity contribution in [2.75, 3.05) is 19.3 Å². The van der Waals surface area contributed by atoms with Gasteiger partial charge in [0.25, 0.3) is 0 Å². The van der Waals surface area contributed by atoms with Crippen LogP contribution in [0, 0.1) is 0 Å². The van der Waals surface area contributed by atoms with Gasteiger partial charge in [-0.2, -0.15) is 4.31 Å². The molecule has 1 fully saturated rings. The zero-order valence-electron chi connectivity index (χ0n) is 9.21. The van der Waals surface area contributed by atoms with Gasteiger partial charge in [0.1, 0.15) is 6.10 Å². The number of aromatic nitrogens is 2. The number of hydrogen-bond donors (Lipinski definition) is 0. The van der Waals surface area contributed by atoms with E-state index in [9.17, 15) is 8.42 Å². The highest BCUT2D eigenvalue weighted by molar-refractivity contribution is 7.88.